The summed E-state index contributed by atoms with van der Waals surface area (Å²) in [5, 5.41) is 11.4. The number of aromatic nitrogens is 1. The third-order valence-corrected chi connectivity index (χ3v) is 3.11. The van der Waals surface area contributed by atoms with Crippen molar-refractivity contribution in [3.63, 3.8) is 0 Å². The van der Waals surface area contributed by atoms with E-state index in [0.717, 1.165) is 12.8 Å². The van der Waals surface area contributed by atoms with Crippen molar-refractivity contribution in [1.29, 1.82) is 5.26 Å². The summed E-state index contributed by atoms with van der Waals surface area (Å²) in [5.74, 6) is 1.08. The van der Waals surface area contributed by atoms with Crippen molar-refractivity contribution in [1.82, 2.24) is 4.98 Å². The van der Waals surface area contributed by atoms with Gasteiger partial charge in [0.1, 0.15) is 11.9 Å². The summed E-state index contributed by atoms with van der Waals surface area (Å²) in [4.78, 5) is 15.7. The zero-order valence-electron chi connectivity index (χ0n) is 9.65. The van der Waals surface area contributed by atoms with Gasteiger partial charge in [-0.05, 0) is 30.9 Å². The molecule has 1 heterocycles. The summed E-state index contributed by atoms with van der Waals surface area (Å²) >= 11 is 0. The fourth-order valence-corrected chi connectivity index (χ4v) is 2.20. The lowest BCUT2D eigenvalue weighted by atomic mass is 10.0. The third-order valence-electron chi connectivity index (χ3n) is 3.11. The maximum atomic E-state index is 11.7. The minimum Gasteiger partial charge on any atom is -0.311 e. The Morgan fingerprint density at radius 3 is 2.82 bits per heavy atom. The number of carbonyl (C=O) groups is 1. The van der Waals surface area contributed by atoms with Gasteiger partial charge in [0.15, 0.2) is 0 Å². The minimum atomic E-state index is 0.0223. The molecule has 17 heavy (non-hydrogen) atoms. The second kappa shape index (κ2) is 5.44. The highest BCUT2D eigenvalue weighted by Crippen LogP contribution is 2.27. The van der Waals surface area contributed by atoms with Crippen LogP contribution < -0.4 is 5.32 Å². The average Bonchev–Trinajstić information content (AvgIpc) is 2.82. The molecule has 1 saturated carbocycles. The van der Waals surface area contributed by atoms with E-state index in [-0.39, 0.29) is 5.91 Å². The van der Waals surface area contributed by atoms with Crippen LogP contribution in [0.4, 0.5) is 5.82 Å². The van der Waals surface area contributed by atoms with E-state index in [1.54, 1.807) is 12.1 Å². The Hall–Kier alpha value is -1.89. The van der Waals surface area contributed by atoms with Crippen molar-refractivity contribution in [3.05, 3.63) is 23.9 Å². The van der Waals surface area contributed by atoms with Crippen molar-refractivity contribution in [2.45, 2.75) is 32.1 Å². The van der Waals surface area contributed by atoms with Crippen LogP contribution in [0.3, 0.4) is 0 Å². The number of hydrogen-bond acceptors (Lipinski definition) is 3. The van der Waals surface area contributed by atoms with E-state index >= 15 is 0 Å². The Labute approximate surface area is 101 Å². The average molecular weight is 229 g/mol. The summed E-state index contributed by atoms with van der Waals surface area (Å²) in [6.45, 7) is 0. The molecule has 88 valence electrons. The van der Waals surface area contributed by atoms with Gasteiger partial charge < -0.3 is 5.32 Å². The molecule has 1 amide bonds. The zero-order chi connectivity index (χ0) is 12.1. The van der Waals surface area contributed by atoms with Gasteiger partial charge in [-0.3, -0.25) is 4.79 Å². The lowest BCUT2D eigenvalue weighted by Gasteiger charge is -2.08. The Morgan fingerprint density at radius 2 is 2.24 bits per heavy atom. The van der Waals surface area contributed by atoms with Gasteiger partial charge in [-0.15, -0.1) is 0 Å². The highest BCUT2D eigenvalue weighted by molar-refractivity contribution is 5.89. The van der Waals surface area contributed by atoms with Crippen molar-refractivity contribution in [3.8, 4) is 6.07 Å². The molecule has 1 aliphatic rings. The van der Waals surface area contributed by atoms with Crippen LogP contribution in [0.25, 0.3) is 0 Å². The van der Waals surface area contributed by atoms with Gasteiger partial charge in [0.2, 0.25) is 5.91 Å². The molecule has 4 heteroatoms. The monoisotopic (exact) mass is 229 g/mol. The van der Waals surface area contributed by atoms with Gasteiger partial charge in [-0.1, -0.05) is 12.8 Å². The fourth-order valence-electron chi connectivity index (χ4n) is 2.20. The molecule has 4 nitrogen and oxygen atoms in total. The topological polar surface area (TPSA) is 65.8 Å². The smallest absolute Gasteiger partial charge is 0.225 e. The largest absolute Gasteiger partial charge is 0.311 e. The first kappa shape index (κ1) is 11.6. The van der Waals surface area contributed by atoms with Crippen LogP contribution in [-0.2, 0) is 4.79 Å². The number of amides is 1. The Morgan fingerprint density at radius 1 is 1.47 bits per heavy atom. The van der Waals surface area contributed by atoms with Gasteiger partial charge >= 0.3 is 0 Å². The Balaban J connectivity index is 1.86. The molecule has 0 aromatic carbocycles. The summed E-state index contributed by atoms with van der Waals surface area (Å²) in [6.07, 6.45) is 6.86. The molecule has 0 unspecified atom stereocenters. The highest BCUT2D eigenvalue weighted by atomic mass is 16.1. The van der Waals surface area contributed by atoms with Gasteiger partial charge in [0, 0.05) is 12.6 Å². The Kier molecular flexibility index (Phi) is 3.71. The van der Waals surface area contributed by atoms with E-state index in [2.05, 4.69) is 10.3 Å². The first-order valence-electron chi connectivity index (χ1n) is 5.94. The number of pyridine rings is 1. The number of rotatable bonds is 3. The molecular formula is C13H15N3O. The fraction of sp³-hybridized carbons (Fsp3) is 0.462. The summed E-state index contributed by atoms with van der Waals surface area (Å²) in [5.41, 5.74) is 0.499. The van der Waals surface area contributed by atoms with E-state index in [1.807, 2.05) is 6.07 Å². The minimum absolute atomic E-state index is 0.0223. The number of nitrogens with zero attached hydrogens (tertiary/aromatic N) is 2. The number of nitrogens with one attached hydrogen (secondary N) is 1. The maximum absolute atomic E-state index is 11.7. The molecule has 2 rings (SSSR count). The molecule has 0 radical (unpaired) electrons. The quantitative estimate of drug-likeness (QED) is 0.865. The summed E-state index contributed by atoms with van der Waals surface area (Å²) in [7, 11) is 0. The molecule has 1 aromatic heterocycles. The van der Waals surface area contributed by atoms with E-state index in [1.165, 1.54) is 19.0 Å². The SMILES string of the molecule is N#Cc1ccc(NC(=O)CC2CCCC2)nc1. The van der Waals surface area contributed by atoms with Gasteiger partial charge in [-0.2, -0.15) is 5.26 Å². The van der Waals surface area contributed by atoms with Crippen LogP contribution in [0.1, 0.15) is 37.7 Å². The lowest BCUT2D eigenvalue weighted by molar-refractivity contribution is -0.117. The molecule has 0 atom stereocenters. The molecule has 1 aromatic rings. The molecule has 0 saturated heterocycles. The van der Waals surface area contributed by atoms with E-state index < -0.39 is 0 Å². The predicted octanol–water partition coefficient (Wildman–Crippen LogP) is 2.47. The van der Waals surface area contributed by atoms with Crippen molar-refractivity contribution in [2.75, 3.05) is 5.32 Å². The van der Waals surface area contributed by atoms with Crippen LogP contribution >= 0.6 is 0 Å². The molecule has 0 aliphatic heterocycles. The van der Waals surface area contributed by atoms with Gasteiger partial charge in [0.05, 0.1) is 5.56 Å². The van der Waals surface area contributed by atoms with Crippen LogP contribution in [0.5, 0.6) is 0 Å². The van der Waals surface area contributed by atoms with Crippen molar-refractivity contribution < 1.29 is 4.79 Å². The van der Waals surface area contributed by atoms with Crippen molar-refractivity contribution >= 4 is 11.7 Å². The number of carbonyl (C=O) groups excluding carboxylic acids is 1. The Bertz CT molecular complexity index is 427. The molecule has 1 fully saturated rings. The molecule has 0 bridgehead atoms. The van der Waals surface area contributed by atoms with Crippen LogP contribution in [0.15, 0.2) is 18.3 Å². The van der Waals surface area contributed by atoms with Crippen LogP contribution in [0.2, 0.25) is 0 Å². The first-order valence-corrected chi connectivity index (χ1v) is 5.94. The second-order valence-corrected chi connectivity index (χ2v) is 4.45. The van der Waals surface area contributed by atoms with E-state index in [0.29, 0.717) is 23.7 Å². The zero-order valence-corrected chi connectivity index (χ0v) is 9.65. The van der Waals surface area contributed by atoms with Crippen molar-refractivity contribution in [2.24, 2.45) is 5.92 Å². The highest BCUT2D eigenvalue weighted by Gasteiger charge is 2.18. The lowest BCUT2D eigenvalue weighted by Crippen LogP contribution is -2.15. The van der Waals surface area contributed by atoms with Crippen LogP contribution in [0, 0.1) is 17.2 Å². The predicted molar refractivity (Wildman–Crippen MR) is 64.2 cm³/mol. The first-order chi connectivity index (χ1) is 8.28. The standard InChI is InChI=1S/C13H15N3O/c14-8-11-5-6-12(15-9-11)16-13(17)7-10-3-1-2-4-10/h5-6,9-10H,1-4,7H2,(H,15,16,17). The number of hydrogen-bond donors (Lipinski definition) is 1. The van der Waals surface area contributed by atoms with Crippen LogP contribution in [-0.4, -0.2) is 10.9 Å². The summed E-state index contributed by atoms with van der Waals surface area (Å²) < 4.78 is 0. The van der Waals surface area contributed by atoms with E-state index in [9.17, 15) is 4.79 Å². The number of anilines is 1. The van der Waals surface area contributed by atoms with E-state index in [4.69, 9.17) is 5.26 Å². The molecule has 0 spiro atoms. The second-order valence-electron chi connectivity index (χ2n) is 4.45. The molecular weight excluding hydrogens is 214 g/mol. The molecule has 1 N–H and O–H groups in total. The molecule has 1 aliphatic carbocycles. The maximum Gasteiger partial charge on any atom is 0.225 e. The van der Waals surface area contributed by atoms with Gasteiger partial charge in [0.25, 0.3) is 0 Å². The summed E-state index contributed by atoms with van der Waals surface area (Å²) in [6, 6.07) is 5.30. The van der Waals surface area contributed by atoms with Gasteiger partial charge in [-0.25, -0.2) is 4.98 Å². The normalized spacial score (nSPS) is 15.5. The number of nitriles is 1. The third kappa shape index (κ3) is 3.28.